The van der Waals surface area contributed by atoms with E-state index in [9.17, 15) is 4.79 Å². The lowest BCUT2D eigenvalue weighted by atomic mass is 10.2. The number of carbonyl (C=O) groups excluding carboxylic acids is 1. The Hall–Kier alpha value is -0.610. The molecule has 0 bridgehead atoms. The number of rotatable bonds is 6. The van der Waals surface area contributed by atoms with Crippen LogP contribution in [0.4, 0.5) is 0 Å². The first kappa shape index (κ1) is 13.4. The van der Waals surface area contributed by atoms with E-state index in [1.807, 2.05) is 20.8 Å². The molecule has 0 aliphatic rings. The lowest BCUT2D eigenvalue weighted by Crippen LogP contribution is -2.43. The van der Waals surface area contributed by atoms with Gasteiger partial charge in [0.15, 0.2) is 0 Å². The second kappa shape index (κ2) is 6.79. The summed E-state index contributed by atoms with van der Waals surface area (Å²) in [7, 11) is 0. The van der Waals surface area contributed by atoms with E-state index in [0.717, 1.165) is 0 Å². The van der Waals surface area contributed by atoms with Gasteiger partial charge in [-0.3, -0.25) is 4.79 Å². The van der Waals surface area contributed by atoms with Crippen molar-refractivity contribution in [2.75, 3.05) is 13.1 Å². The molecule has 4 nitrogen and oxygen atoms in total. The van der Waals surface area contributed by atoms with Gasteiger partial charge in [-0.15, -0.1) is 0 Å². The smallest absolute Gasteiger partial charge is 0.233 e. The van der Waals surface area contributed by atoms with E-state index in [1.54, 1.807) is 6.92 Å². The minimum Gasteiger partial charge on any atom is -0.392 e. The zero-order valence-electron chi connectivity index (χ0n) is 9.50. The van der Waals surface area contributed by atoms with Crippen molar-refractivity contribution in [3.8, 4) is 0 Å². The van der Waals surface area contributed by atoms with Crippen LogP contribution in [0.5, 0.6) is 0 Å². The highest BCUT2D eigenvalue weighted by Gasteiger charge is 2.09. The molecule has 0 rings (SSSR count). The zero-order valence-corrected chi connectivity index (χ0v) is 9.50. The molecule has 0 spiro atoms. The summed E-state index contributed by atoms with van der Waals surface area (Å²) in [5, 5.41) is 14.9. The minimum atomic E-state index is -0.437. The van der Waals surface area contributed by atoms with Crippen LogP contribution < -0.4 is 10.6 Å². The Morgan fingerprint density at radius 3 is 2.29 bits per heavy atom. The van der Waals surface area contributed by atoms with E-state index < -0.39 is 6.10 Å². The van der Waals surface area contributed by atoms with Crippen LogP contribution in [0.3, 0.4) is 0 Å². The Balaban J connectivity index is 3.54. The molecule has 0 saturated heterocycles. The average Bonchev–Trinajstić information content (AvgIpc) is 2.10. The van der Waals surface area contributed by atoms with Crippen molar-refractivity contribution in [1.82, 2.24) is 10.6 Å². The normalized spacial score (nSPS) is 15.3. The lowest BCUT2D eigenvalue weighted by Gasteiger charge is -2.16. The number of hydrogen-bond acceptors (Lipinski definition) is 3. The summed E-state index contributed by atoms with van der Waals surface area (Å²) < 4.78 is 0. The van der Waals surface area contributed by atoms with Gasteiger partial charge in [0.1, 0.15) is 0 Å². The van der Waals surface area contributed by atoms with Gasteiger partial charge in [0.2, 0.25) is 5.91 Å². The quantitative estimate of drug-likeness (QED) is 0.573. The standard InChI is InChI=1S/C10H22N2O2/c1-7(2)5-12-10(14)6-11-8(3)9(4)13/h7-9,11,13H,5-6H2,1-4H3,(H,12,14). The van der Waals surface area contributed by atoms with Gasteiger partial charge in [-0.2, -0.15) is 0 Å². The molecule has 0 heterocycles. The van der Waals surface area contributed by atoms with Gasteiger partial charge in [-0.1, -0.05) is 13.8 Å². The summed E-state index contributed by atoms with van der Waals surface area (Å²) in [4.78, 5) is 11.2. The Morgan fingerprint density at radius 2 is 1.86 bits per heavy atom. The van der Waals surface area contributed by atoms with E-state index >= 15 is 0 Å². The highest BCUT2D eigenvalue weighted by atomic mass is 16.3. The molecule has 84 valence electrons. The van der Waals surface area contributed by atoms with Crippen LogP contribution in [-0.2, 0) is 4.79 Å². The van der Waals surface area contributed by atoms with Gasteiger partial charge in [0, 0.05) is 12.6 Å². The summed E-state index contributed by atoms with van der Waals surface area (Å²) in [5.41, 5.74) is 0. The molecule has 0 aromatic heterocycles. The number of nitrogens with one attached hydrogen (secondary N) is 2. The van der Waals surface area contributed by atoms with E-state index in [1.165, 1.54) is 0 Å². The Morgan fingerprint density at radius 1 is 1.29 bits per heavy atom. The maximum absolute atomic E-state index is 11.2. The summed E-state index contributed by atoms with van der Waals surface area (Å²) in [6.07, 6.45) is -0.437. The molecule has 4 heteroatoms. The van der Waals surface area contributed by atoms with Gasteiger partial charge < -0.3 is 15.7 Å². The molecule has 0 aromatic rings. The van der Waals surface area contributed by atoms with Crippen LogP contribution in [-0.4, -0.2) is 36.2 Å². The molecule has 0 fully saturated rings. The van der Waals surface area contributed by atoms with E-state index in [-0.39, 0.29) is 18.5 Å². The number of hydrogen-bond donors (Lipinski definition) is 3. The number of carbonyl (C=O) groups is 1. The van der Waals surface area contributed by atoms with Crippen LogP contribution in [0.15, 0.2) is 0 Å². The summed E-state index contributed by atoms with van der Waals surface area (Å²) in [6.45, 7) is 8.60. The van der Waals surface area contributed by atoms with Crippen LogP contribution >= 0.6 is 0 Å². The molecule has 0 aliphatic carbocycles. The highest BCUT2D eigenvalue weighted by Crippen LogP contribution is 1.89. The monoisotopic (exact) mass is 202 g/mol. The first-order valence-electron chi connectivity index (χ1n) is 5.11. The first-order chi connectivity index (χ1) is 6.43. The van der Waals surface area contributed by atoms with E-state index in [0.29, 0.717) is 12.5 Å². The Bertz CT molecular complexity index is 170. The maximum Gasteiger partial charge on any atom is 0.233 e. The van der Waals surface area contributed by atoms with Crippen molar-refractivity contribution < 1.29 is 9.90 Å². The highest BCUT2D eigenvalue weighted by molar-refractivity contribution is 5.77. The molecule has 1 amide bonds. The molecular formula is C10H22N2O2. The first-order valence-corrected chi connectivity index (χ1v) is 5.11. The molecular weight excluding hydrogens is 180 g/mol. The molecule has 0 aromatic carbocycles. The fourth-order valence-electron chi connectivity index (χ4n) is 0.805. The van der Waals surface area contributed by atoms with E-state index in [4.69, 9.17) is 5.11 Å². The van der Waals surface area contributed by atoms with Crippen molar-refractivity contribution in [3.63, 3.8) is 0 Å². The summed E-state index contributed by atoms with van der Waals surface area (Å²) >= 11 is 0. The number of aliphatic hydroxyl groups is 1. The summed E-state index contributed by atoms with van der Waals surface area (Å²) in [6, 6.07) is -0.0557. The zero-order chi connectivity index (χ0) is 11.1. The lowest BCUT2D eigenvalue weighted by molar-refractivity contribution is -0.120. The fourth-order valence-corrected chi connectivity index (χ4v) is 0.805. The molecule has 2 unspecified atom stereocenters. The third kappa shape index (κ3) is 6.86. The van der Waals surface area contributed by atoms with E-state index in [2.05, 4.69) is 10.6 Å². The second-order valence-corrected chi connectivity index (χ2v) is 4.11. The Labute approximate surface area is 86.1 Å². The predicted octanol–water partition coefficient (Wildman–Crippen LogP) is 0.118. The van der Waals surface area contributed by atoms with Crippen molar-refractivity contribution in [1.29, 1.82) is 0 Å². The SMILES string of the molecule is CC(C)CNC(=O)CNC(C)C(C)O. The van der Waals surface area contributed by atoms with Crippen LogP contribution in [0.25, 0.3) is 0 Å². The molecule has 2 atom stereocenters. The molecule has 0 radical (unpaired) electrons. The van der Waals surface area contributed by atoms with Gasteiger partial charge >= 0.3 is 0 Å². The third-order valence-electron chi connectivity index (χ3n) is 2.02. The van der Waals surface area contributed by atoms with Gasteiger partial charge in [-0.05, 0) is 19.8 Å². The van der Waals surface area contributed by atoms with Crippen molar-refractivity contribution >= 4 is 5.91 Å². The Kier molecular flexibility index (Phi) is 6.49. The van der Waals surface area contributed by atoms with Crippen LogP contribution in [0.2, 0.25) is 0 Å². The average molecular weight is 202 g/mol. The number of amides is 1. The predicted molar refractivity (Wildman–Crippen MR) is 57.0 cm³/mol. The molecule has 3 N–H and O–H groups in total. The van der Waals surface area contributed by atoms with Crippen molar-refractivity contribution in [2.24, 2.45) is 5.92 Å². The molecule has 14 heavy (non-hydrogen) atoms. The topological polar surface area (TPSA) is 61.4 Å². The maximum atomic E-state index is 11.2. The molecule has 0 saturated carbocycles. The van der Waals surface area contributed by atoms with Crippen LogP contribution in [0, 0.1) is 5.92 Å². The second-order valence-electron chi connectivity index (χ2n) is 4.11. The van der Waals surface area contributed by atoms with Crippen molar-refractivity contribution in [2.45, 2.75) is 39.8 Å². The number of aliphatic hydroxyl groups excluding tert-OH is 1. The minimum absolute atomic E-state index is 0.0220. The summed E-state index contributed by atoms with van der Waals surface area (Å²) in [5.74, 6) is 0.444. The largest absolute Gasteiger partial charge is 0.392 e. The van der Waals surface area contributed by atoms with Crippen molar-refractivity contribution in [3.05, 3.63) is 0 Å². The van der Waals surface area contributed by atoms with Crippen LogP contribution in [0.1, 0.15) is 27.7 Å². The van der Waals surface area contributed by atoms with Gasteiger partial charge in [0.25, 0.3) is 0 Å². The fraction of sp³-hybridized carbons (Fsp3) is 0.900. The van der Waals surface area contributed by atoms with Gasteiger partial charge in [-0.25, -0.2) is 0 Å². The third-order valence-corrected chi connectivity index (χ3v) is 2.02. The van der Waals surface area contributed by atoms with Gasteiger partial charge in [0.05, 0.1) is 12.6 Å². The molecule has 0 aliphatic heterocycles.